The van der Waals surface area contributed by atoms with Crippen LogP contribution in [0.25, 0.3) is 0 Å². The summed E-state index contributed by atoms with van der Waals surface area (Å²) in [5, 5.41) is 2.44. The molecule has 0 radical (unpaired) electrons. The van der Waals surface area contributed by atoms with Gasteiger partial charge in [0, 0.05) is 17.8 Å². The summed E-state index contributed by atoms with van der Waals surface area (Å²) in [5.41, 5.74) is 7.59. The lowest BCUT2D eigenvalue weighted by molar-refractivity contribution is 0.0951. The molecule has 0 unspecified atom stereocenters. The van der Waals surface area contributed by atoms with Crippen molar-refractivity contribution in [2.24, 2.45) is 0 Å². The smallest absolute Gasteiger partial charge is 0.251 e. The first-order valence-electron chi connectivity index (χ1n) is 4.35. The van der Waals surface area contributed by atoms with E-state index in [9.17, 15) is 9.18 Å². The molecule has 0 aliphatic rings. The predicted octanol–water partition coefficient (Wildman–Crippen LogP) is 1.28. The van der Waals surface area contributed by atoms with Crippen LogP contribution in [0.3, 0.4) is 0 Å². The number of carbonyl (C=O) groups excluding carboxylic acids is 1. The zero-order chi connectivity index (χ0) is 10.6. The van der Waals surface area contributed by atoms with Crippen molar-refractivity contribution in [2.75, 3.05) is 19.0 Å². The molecule has 1 aromatic rings. The van der Waals surface area contributed by atoms with Gasteiger partial charge in [-0.25, -0.2) is 4.39 Å². The molecule has 0 bridgehead atoms. The van der Waals surface area contributed by atoms with Gasteiger partial charge in [-0.1, -0.05) is 0 Å². The molecule has 0 atom stereocenters. The molecule has 0 heterocycles. The van der Waals surface area contributed by atoms with Gasteiger partial charge in [0.15, 0.2) is 0 Å². The lowest BCUT2D eigenvalue weighted by atomic mass is 10.1. The average molecular weight is 196 g/mol. The first-order valence-corrected chi connectivity index (χ1v) is 4.35. The lowest BCUT2D eigenvalue weighted by Crippen LogP contribution is -2.25. The van der Waals surface area contributed by atoms with Gasteiger partial charge in [-0.3, -0.25) is 4.79 Å². The van der Waals surface area contributed by atoms with E-state index in [1.165, 1.54) is 0 Å². The maximum atomic E-state index is 11.8. The van der Waals surface area contributed by atoms with E-state index in [-0.39, 0.29) is 12.5 Å². The number of halogens is 1. The third-order valence-electron chi connectivity index (χ3n) is 1.91. The van der Waals surface area contributed by atoms with Crippen LogP contribution in [0.4, 0.5) is 10.1 Å². The molecule has 1 aromatic carbocycles. The minimum absolute atomic E-state index is 0.0439. The molecular formula is C10H13FN2O. The van der Waals surface area contributed by atoms with Crippen molar-refractivity contribution < 1.29 is 9.18 Å². The molecular weight excluding hydrogens is 183 g/mol. The Hall–Kier alpha value is -1.58. The fourth-order valence-electron chi connectivity index (χ4n) is 1.08. The highest BCUT2D eigenvalue weighted by atomic mass is 19.1. The van der Waals surface area contributed by atoms with E-state index in [0.29, 0.717) is 11.3 Å². The number of hydrogen-bond acceptors (Lipinski definition) is 2. The number of hydrogen-bond donors (Lipinski definition) is 2. The summed E-state index contributed by atoms with van der Waals surface area (Å²) in [6, 6.07) is 4.97. The van der Waals surface area contributed by atoms with Crippen LogP contribution in [-0.2, 0) is 0 Å². The van der Waals surface area contributed by atoms with Crippen molar-refractivity contribution >= 4 is 11.6 Å². The summed E-state index contributed by atoms with van der Waals surface area (Å²) in [7, 11) is 0. The summed E-state index contributed by atoms with van der Waals surface area (Å²) in [6.45, 7) is 1.31. The summed E-state index contributed by atoms with van der Waals surface area (Å²) >= 11 is 0. The highest BCUT2D eigenvalue weighted by Crippen LogP contribution is 2.12. The van der Waals surface area contributed by atoms with E-state index in [1.54, 1.807) is 18.2 Å². The van der Waals surface area contributed by atoms with Crippen LogP contribution < -0.4 is 11.1 Å². The van der Waals surface area contributed by atoms with E-state index in [1.807, 2.05) is 6.92 Å². The predicted molar refractivity (Wildman–Crippen MR) is 53.9 cm³/mol. The van der Waals surface area contributed by atoms with E-state index in [2.05, 4.69) is 5.32 Å². The van der Waals surface area contributed by atoms with Crippen LogP contribution in [0.2, 0.25) is 0 Å². The third-order valence-corrected chi connectivity index (χ3v) is 1.91. The van der Waals surface area contributed by atoms with Gasteiger partial charge < -0.3 is 11.1 Å². The number of alkyl halides is 1. The minimum Gasteiger partial charge on any atom is -0.399 e. The molecule has 0 saturated heterocycles. The van der Waals surface area contributed by atoms with Gasteiger partial charge in [0.05, 0.1) is 0 Å². The quantitative estimate of drug-likeness (QED) is 0.715. The second-order valence-corrected chi connectivity index (χ2v) is 3.02. The van der Waals surface area contributed by atoms with Crippen LogP contribution in [0.5, 0.6) is 0 Å². The van der Waals surface area contributed by atoms with Crippen LogP contribution in [0, 0.1) is 6.92 Å². The summed E-state index contributed by atoms with van der Waals surface area (Å²) in [6.07, 6.45) is 0. The molecule has 3 N–H and O–H groups in total. The number of nitrogen functional groups attached to an aromatic ring is 1. The molecule has 76 valence electrons. The van der Waals surface area contributed by atoms with Gasteiger partial charge in [0.1, 0.15) is 6.67 Å². The van der Waals surface area contributed by atoms with Crippen molar-refractivity contribution in [3.63, 3.8) is 0 Å². The number of anilines is 1. The first kappa shape index (κ1) is 10.5. The summed E-state index contributed by atoms with van der Waals surface area (Å²) < 4.78 is 11.8. The van der Waals surface area contributed by atoms with E-state index < -0.39 is 6.67 Å². The normalized spacial score (nSPS) is 9.86. The topological polar surface area (TPSA) is 55.1 Å². The number of rotatable bonds is 3. The number of amides is 1. The molecule has 4 heteroatoms. The second kappa shape index (κ2) is 4.60. The van der Waals surface area contributed by atoms with Crippen LogP contribution in [0.1, 0.15) is 15.9 Å². The Labute approximate surface area is 82.1 Å². The fourth-order valence-corrected chi connectivity index (χ4v) is 1.08. The zero-order valence-electron chi connectivity index (χ0n) is 8.01. The van der Waals surface area contributed by atoms with E-state index in [0.717, 1.165) is 5.56 Å². The monoisotopic (exact) mass is 196 g/mol. The zero-order valence-corrected chi connectivity index (χ0v) is 8.01. The van der Waals surface area contributed by atoms with Gasteiger partial charge in [0.2, 0.25) is 0 Å². The Balaban J connectivity index is 2.76. The van der Waals surface area contributed by atoms with Crippen molar-refractivity contribution in [2.45, 2.75) is 6.92 Å². The molecule has 3 nitrogen and oxygen atoms in total. The number of aryl methyl sites for hydroxylation is 1. The average Bonchev–Trinajstić information content (AvgIpc) is 2.18. The summed E-state index contributed by atoms with van der Waals surface area (Å²) in [5.74, 6) is -0.272. The van der Waals surface area contributed by atoms with Gasteiger partial charge in [0.25, 0.3) is 5.91 Å². The highest BCUT2D eigenvalue weighted by Gasteiger charge is 2.05. The molecule has 0 aliphatic heterocycles. The molecule has 1 amide bonds. The highest BCUT2D eigenvalue weighted by molar-refractivity contribution is 5.94. The molecule has 1 rings (SSSR count). The second-order valence-electron chi connectivity index (χ2n) is 3.02. The summed E-state index contributed by atoms with van der Waals surface area (Å²) in [4.78, 5) is 11.3. The molecule has 0 aromatic heterocycles. The Bertz CT molecular complexity index is 339. The number of benzene rings is 1. The maximum Gasteiger partial charge on any atom is 0.251 e. The Kier molecular flexibility index (Phi) is 3.45. The molecule has 14 heavy (non-hydrogen) atoms. The Morgan fingerprint density at radius 2 is 2.29 bits per heavy atom. The number of nitrogens with two attached hydrogens (primary N) is 1. The van der Waals surface area contributed by atoms with E-state index in [4.69, 9.17) is 5.73 Å². The molecule has 0 aliphatic carbocycles. The standard InChI is InChI=1S/C10H13FN2O/c1-7-6-8(2-3-9(7)12)10(14)13-5-4-11/h2-3,6H,4-5,12H2,1H3,(H,13,14). The van der Waals surface area contributed by atoms with Crippen LogP contribution in [-0.4, -0.2) is 19.1 Å². The number of nitrogens with one attached hydrogen (secondary N) is 1. The Morgan fingerprint density at radius 1 is 1.57 bits per heavy atom. The Morgan fingerprint density at radius 3 is 2.86 bits per heavy atom. The molecule has 0 spiro atoms. The lowest BCUT2D eigenvalue weighted by Gasteiger charge is -2.05. The van der Waals surface area contributed by atoms with E-state index >= 15 is 0 Å². The first-order chi connectivity index (χ1) is 6.65. The van der Waals surface area contributed by atoms with Crippen molar-refractivity contribution in [3.8, 4) is 0 Å². The van der Waals surface area contributed by atoms with Crippen molar-refractivity contribution in [1.29, 1.82) is 0 Å². The number of carbonyl (C=O) groups is 1. The third kappa shape index (κ3) is 2.45. The van der Waals surface area contributed by atoms with Gasteiger partial charge in [-0.2, -0.15) is 0 Å². The van der Waals surface area contributed by atoms with Gasteiger partial charge in [-0.15, -0.1) is 0 Å². The van der Waals surface area contributed by atoms with Crippen LogP contribution >= 0.6 is 0 Å². The van der Waals surface area contributed by atoms with Gasteiger partial charge >= 0.3 is 0 Å². The largest absolute Gasteiger partial charge is 0.399 e. The minimum atomic E-state index is -0.556. The van der Waals surface area contributed by atoms with Crippen molar-refractivity contribution in [1.82, 2.24) is 5.32 Å². The molecule has 0 fully saturated rings. The molecule has 0 saturated carbocycles. The van der Waals surface area contributed by atoms with Gasteiger partial charge in [-0.05, 0) is 30.7 Å². The van der Waals surface area contributed by atoms with Crippen LogP contribution in [0.15, 0.2) is 18.2 Å². The fraction of sp³-hybridized carbons (Fsp3) is 0.300. The van der Waals surface area contributed by atoms with Crippen molar-refractivity contribution in [3.05, 3.63) is 29.3 Å². The maximum absolute atomic E-state index is 11.8. The SMILES string of the molecule is Cc1cc(C(=O)NCCF)ccc1N.